The van der Waals surface area contributed by atoms with Gasteiger partial charge in [-0.3, -0.25) is 9.59 Å². The Morgan fingerprint density at radius 3 is 2.55 bits per heavy atom. The Balaban J connectivity index is 2.71. The fraction of sp³-hybridized carbons (Fsp3) is 0.467. The number of amides is 2. The van der Waals surface area contributed by atoms with E-state index in [1.165, 1.54) is 11.8 Å². The number of nitrogens with zero attached hydrogens (tertiary/aromatic N) is 1. The molecule has 0 aliphatic carbocycles. The zero-order valence-corrected chi connectivity index (χ0v) is 12.4. The van der Waals surface area contributed by atoms with Crippen molar-refractivity contribution in [3.63, 3.8) is 0 Å². The first-order chi connectivity index (χ1) is 9.31. The van der Waals surface area contributed by atoms with Crippen molar-refractivity contribution in [2.45, 2.75) is 33.3 Å². The van der Waals surface area contributed by atoms with Crippen LogP contribution in [0.5, 0.6) is 0 Å². The molecular weight excluding hydrogens is 256 g/mol. The maximum Gasteiger partial charge on any atom is 0.226 e. The number of anilines is 2. The second-order valence-corrected chi connectivity index (χ2v) is 5.19. The van der Waals surface area contributed by atoms with Crippen molar-refractivity contribution >= 4 is 23.2 Å². The van der Waals surface area contributed by atoms with Gasteiger partial charge in [0.2, 0.25) is 11.8 Å². The lowest BCUT2D eigenvalue weighted by atomic mass is 10.0. The van der Waals surface area contributed by atoms with Crippen LogP contribution in [0.2, 0.25) is 0 Å². The molecule has 0 saturated carbocycles. The van der Waals surface area contributed by atoms with Crippen molar-refractivity contribution in [3.8, 4) is 0 Å². The Kier molecular flexibility index (Phi) is 5.70. The summed E-state index contributed by atoms with van der Waals surface area (Å²) in [5.74, 6) is -0.284. The normalized spacial score (nSPS) is 12.1. The van der Waals surface area contributed by atoms with E-state index in [0.717, 1.165) is 0 Å². The number of hydrogen-bond acceptors (Lipinski definition) is 3. The molecule has 0 bridgehead atoms. The molecule has 1 atom stereocenters. The standard InChI is InChI=1S/C15H22N2O3/c1-10(2)14(19)9-15(20)16-12-6-5-7-13(8-12)17(4)11(3)18/h5-8,10,14,19H,9H2,1-4H3,(H,16,20). The van der Waals surface area contributed by atoms with Crippen LogP contribution in [-0.4, -0.2) is 30.1 Å². The van der Waals surface area contributed by atoms with Gasteiger partial charge in [-0.25, -0.2) is 0 Å². The first-order valence-corrected chi connectivity index (χ1v) is 6.63. The molecule has 2 amide bonds. The number of benzene rings is 1. The van der Waals surface area contributed by atoms with Crippen LogP contribution < -0.4 is 10.2 Å². The summed E-state index contributed by atoms with van der Waals surface area (Å²) in [7, 11) is 1.67. The van der Waals surface area contributed by atoms with Gasteiger partial charge in [-0.2, -0.15) is 0 Å². The summed E-state index contributed by atoms with van der Waals surface area (Å²) in [5, 5.41) is 12.4. The zero-order chi connectivity index (χ0) is 15.3. The molecule has 0 spiro atoms. The van der Waals surface area contributed by atoms with Gasteiger partial charge in [-0.15, -0.1) is 0 Å². The zero-order valence-electron chi connectivity index (χ0n) is 12.4. The third-order valence-electron chi connectivity index (χ3n) is 3.15. The van der Waals surface area contributed by atoms with Gasteiger partial charge in [0.25, 0.3) is 0 Å². The van der Waals surface area contributed by atoms with Crippen molar-refractivity contribution in [3.05, 3.63) is 24.3 Å². The van der Waals surface area contributed by atoms with E-state index in [9.17, 15) is 14.7 Å². The Hall–Kier alpha value is -1.88. The summed E-state index contributed by atoms with van der Waals surface area (Å²) in [5.41, 5.74) is 1.32. The van der Waals surface area contributed by atoms with Crippen LogP contribution in [0.15, 0.2) is 24.3 Å². The van der Waals surface area contributed by atoms with Crippen molar-refractivity contribution < 1.29 is 14.7 Å². The average Bonchev–Trinajstić information content (AvgIpc) is 2.37. The third kappa shape index (κ3) is 4.66. The van der Waals surface area contributed by atoms with Gasteiger partial charge < -0.3 is 15.3 Å². The maximum atomic E-state index is 11.8. The number of carbonyl (C=O) groups is 2. The fourth-order valence-electron chi connectivity index (χ4n) is 1.61. The minimum Gasteiger partial charge on any atom is -0.392 e. The number of rotatable bonds is 5. The predicted molar refractivity (Wildman–Crippen MR) is 79.6 cm³/mol. The van der Waals surface area contributed by atoms with E-state index in [2.05, 4.69) is 5.32 Å². The molecule has 0 aromatic heterocycles. The number of carbonyl (C=O) groups excluding carboxylic acids is 2. The molecule has 5 nitrogen and oxygen atoms in total. The fourth-order valence-corrected chi connectivity index (χ4v) is 1.61. The predicted octanol–water partition coefficient (Wildman–Crippen LogP) is 2.01. The summed E-state index contributed by atoms with van der Waals surface area (Å²) in [4.78, 5) is 24.6. The first kappa shape index (κ1) is 16.2. The largest absolute Gasteiger partial charge is 0.392 e. The Labute approximate surface area is 119 Å². The molecule has 0 saturated heterocycles. The highest BCUT2D eigenvalue weighted by Crippen LogP contribution is 2.19. The van der Waals surface area contributed by atoms with Gasteiger partial charge in [-0.05, 0) is 24.1 Å². The van der Waals surface area contributed by atoms with Gasteiger partial charge in [-0.1, -0.05) is 19.9 Å². The highest BCUT2D eigenvalue weighted by atomic mass is 16.3. The topological polar surface area (TPSA) is 69.6 Å². The van der Waals surface area contributed by atoms with Crippen LogP contribution in [0, 0.1) is 5.92 Å². The van der Waals surface area contributed by atoms with E-state index in [1.54, 1.807) is 31.3 Å². The highest BCUT2D eigenvalue weighted by Gasteiger charge is 2.14. The first-order valence-electron chi connectivity index (χ1n) is 6.63. The van der Waals surface area contributed by atoms with Crippen molar-refractivity contribution in [1.82, 2.24) is 0 Å². The van der Waals surface area contributed by atoms with E-state index in [4.69, 9.17) is 0 Å². The second-order valence-electron chi connectivity index (χ2n) is 5.19. The lowest BCUT2D eigenvalue weighted by Gasteiger charge is -2.17. The molecule has 0 aliphatic heterocycles. The molecule has 2 N–H and O–H groups in total. The van der Waals surface area contributed by atoms with Gasteiger partial charge in [0.05, 0.1) is 12.5 Å². The van der Waals surface area contributed by atoms with Crippen LogP contribution in [-0.2, 0) is 9.59 Å². The SMILES string of the molecule is CC(=O)N(C)c1cccc(NC(=O)CC(O)C(C)C)c1. The lowest BCUT2D eigenvalue weighted by molar-refractivity contribution is -0.118. The molecule has 1 unspecified atom stereocenters. The molecule has 1 aromatic rings. The quantitative estimate of drug-likeness (QED) is 0.865. The molecular formula is C15H22N2O3. The van der Waals surface area contributed by atoms with Crippen molar-refractivity contribution in [2.24, 2.45) is 5.92 Å². The van der Waals surface area contributed by atoms with Crippen molar-refractivity contribution in [1.29, 1.82) is 0 Å². The van der Waals surface area contributed by atoms with Gasteiger partial charge in [0.1, 0.15) is 0 Å². The minimum atomic E-state index is -0.655. The number of nitrogens with one attached hydrogen (secondary N) is 1. The molecule has 0 heterocycles. The molecule has 0 radical (unpaired) electrons. The van der Waals surface area contributed by atoms with E-state index >= 15 is 0 Å². The molecule has 110 valence electrons. The van der Waals surface area contributed by atoms with Crippen LogP contribution >= 0.6 is 0 Å². The number of aliphatic hydroxyl groups is 1. The molecule has 0 fully saturated rings. The van der Waals surface area contributed by atoms with E-state index < -0.39 is 6.10 Å². The summed E-state index contributed by atoms with van der Waals surface area (Å²) < 4.78 is 0. The van der Waals surface area contributed by atoms with Crippen LogP contribution in [0.3, 0.4) is 0 Å². The smallest absolute Gasteiger partial charge is 0.226 e. The Morgan fingerprint density at radius 2 is 2.00 bits per heavy atom. The summed E-state index contributed by atoms with van der Waals surface area (Å²) in [6, 6.07) is 7.03. The van der Waals surface area contributed by atoms with Gasteiger partial charge in [0.15, 0.2) is 0 Å². The number of aliphatic hydroxyl groups excluding tert-OH is 1. The Bertz CT molecular complexity index is 486. The summed E-state index contributed by atoms with van der Waals surface area (Å²) in [6.45, 7) is 5.20. The van der Waals surface area contributed by atoms with E-state index in [0.29, 0.717) is 11.4 Å². The maximum absolute atomic E-state index is 11.8. The molecule has 0 aliphatic rings. The number of hydrogen-bond donors (Lipinski definition) is 2. The lowest BCUT2D eigenvalue weighted by Crippen LogP contribution is -2.24. The van der Waals surface area contributed by atoms with Crippen LogP contribution in [0.1, 0.15) is 27.2 Å². The average molecular weight is 278 g/mol. The van der Waals surface area contributed by atoms with E-state index in [1.807, 2.05) is 13.8 Å². The molecule has 1 aromatic carbocycles. The molecule has 1 rings (SSSR count). The molecule has 5 heteroatoms. The van der Waals surface area contributed by atoms with Gasteiger partial charge >= 0.3 is 0 Å². The second kappa shape index (κ2) is 7.05. The highest BCUT2D eigenvalue weighted by molar-refractivity contribution is 5.94. The van der Waals surface area contributed by atoms with E-state index in [-0.39, 0.29) is 24.2 Å². The van der Waals surface area contributed by atoms with Crippen molar-refractivity contribution in [2.75, 3.05) is 17.3 Å². The monoisotopic (exact) mass is 278 g/mol. The minimum absolute atomic E-state index is 0.0379. The third-order valence-corrected chi connectivity index (χ3v) is 3.15. The van der Waals surface area contributed by atoms with Crippen LogP contribution in [0.25, 0.3) is 0 Å². The van der Waals surface area contributed by atoms with Gasteiger partial charge in [0, 0.05) is 25.3 Å². The molecule has 20 heavy (non-hydrogen) atoms. The summed E-state index contributed by atoms with van der Waals surface area (Å²) >= 11 is 0. The summed E-state index contributed by atoms with van der Waals surface area (Å²) in [6.07, 6.45) is -0.595. The Morgan fingerprint density at radius 1 is 1.35 bits per heavy atom. The van der Waals surface area contributed by atoms with Crippen LogP contribution in [0.4, 0.5) is 11.4 Å².